The van der Waals surface area contributed by atoms with Gasteiger partial charge in [0.1, 0.15) is 6.67 Å². The zero-order valence-corrected chi connectivity index (χ0v) is 8.63. The van der Waals surface area contributed by atoms with E-state index in [0.29, 0.717) is 12.2 Å². The zero-order chi connectivity index (χ0) is 11.3. The highest BCUT2D eigenvalue weighted by atomic mass is 16.5. The normalized spacial score (nSPS) is 26.8. The topological polar surface area (TPSA) is 73.5 Å². The van der Waals surface area contributed by atoms with Crippen molar-refractivity contribution in [2.45, 2.75) is 31.7 Å². The number of hydrogen-bond acceptors (Lipinski definition) is 4. The Morgan fingerprint density at radius 2 is 2.25 bits per heavy atom. The fourth-order valence-corrected chi connectivity index (χ4v) is 2.27. The average Bonchev–Trinajstić information content (AvgIpc) is 2.76. The van der Waals surface area contributed by atoms with Gasteiger partial charge in [-0.1, -0.05) is 0 Å². The molecular formula is C10H12N2O4. The molecule has 0 radical (unpaired) electrons. The highest BCUT2D eigenvalue weighted by molar-refractivity contribution is 5.14. The average molecular weight is 224 g/mol. The van der Waals surface area contributed by atoms with Crippen LogP contribution >= 0.6 is 0 Å². The number of aliphatic hydroxyl groups excluding tert-OH is 1. The zero-order valence-electron chi connectivity index (χ0n) is 8.63. The Labute approximate surface area is 90.7 Å². The third-order valence-corrected chi connectivity index (χ3v) is 3.22. The lowest BCUT2D eigenvalue weighted by Crippen LogP contribution is -2.53. The lowest BCUT2D eigenvalue weighted by molar-refractivity contribution is 0.00931. The summed E-state index contributed by atoms with van der Waals surface area (Å²) >= 11 is 0. The quantitative estimate of drug-likeness (QED) is 0.713. The second kappa shape index (κ2) is 3.29. The monoisotopic (exact) mass is 224 g/mol. The van der Waals surface area contributed by atoms with Crippen molar-refractivity contribution in [2.24, 2.45) is 0 Å². The highest BCUT2D eigenvalue weighted by Crippen LogP contribution is 2.30. The molecule has 0 aliphatic carbocycles. The Morgan fingerprint density at radius 3 is 2.81 bits per heavy atom. The van der Waals surface area contributed by atoms with Crippen LogP contribution in [-0.4, -0.2) is 27.0 Å². The smallest absolute Gasteiger partial charge is 0.334 e. The Kier molecular flexibility index (Phi) is 2.02. The second-order valence-electron chi connectivity index (χ2n) is 4.22. The second-order valence-corrected chi connectivity index (χ2v) is 4.22. The summed E-state index contributed by atoms with van der Waals surface area (Å²) < 4.78 is 8.21. The number of hydrogen-bond donors (Lipinski definition) is 1. The van der Waals surface area contributed by atoms with Crippen LogP contribution in [0.25, 0.3) is 0 Å². The van der Waals surface area contributed by atoms with Gasteiger partial charge in [-0.15, -0.1) is 0 Å². The number of fused-ring (bicyclic) bond motifs is 2. The molecule has 2 atom stereocenters. The molecule has 3 aliphatic rings. The molecule has 2 unspecified atom stereocenters. The largest absolute Gasteiger partial charge is 0.394 e. The molecule has 1 saturated heterocycles. The number of nitrogens with zero attached hydrogens (tertiary/aromatic N) is 2. The molecule has 3 aliphatic heterocycles. The van der Waals surface area contributed by atoms with Crippen LogP contribution in [0.3, 0.4) is 0 Å². The van der Waals surface area contributed by atoms with Crippen molar-refractivity contribution in [3.05, 3.63) is 32.6 Å². The van der Waals surface area contributed by atoms with Crippen molar-refractivity contribution in [1.82, 2.24) is 9.13 Å². The molecule has 0 amide bonds. The molecule has 16 heavy (non-hydrogen) atoms. The van der Waals surface area contributed by atoms with E-state index in [9.17, 15) is 9.59 Å². The Morgan fingerprint density at radius 1 is 1.44 bits per heavy atom. The standard InChI is InChI=1S/C10H12N2O4/c13-4-6-1-2-8(16-6)7-3-11-5-12(9(7)14)10(11)15/h3,6,8,13H,1-2,4-5H2. The van der Waals surface area contributed by atoms with Crippen LogP contribution < -0.4 is 11.2 Å². The van der Waals surface area contributed by atoms with Gasteiger partial charge in [-0.05, 0) is 12.8 Å². The maximum atomic E-state index is 11.8. The molecule has 4 heterocycles. The van der Waals surface area contributed by atoms with Gasteiger partial charge in [-0.25, -0.2) is 9.36 Å². The molecule has 0 saturated carbocycles. The van der Waals surface area contributed by atoms with Gasteiger partial charge in [-0.2, -0.15) is 0 Å². The highest BCUT2D eigenvalue weighted by Gasteiger charge is 2.31. The summed E-state index contributed by atoms with van der Waals surface area (Å²) in [6, 6.07) is 0. The van der Waals surface area contributed by atoms with E-state index in [4.69, 9.17) is 9.84 Å². The van der Waals surface area contributed by atoms with Crippen LogP contribution in [0.2, 0.25) is 0 Å². The maximum Gasteiger partial charge on any atom is 0.334 e. The summed E-state index contributed by atoms with van der Waals surface area (Å²) in [6.07, 6.45) is 2.59. The summed E-state index contributed by atoms with van der Waals surface area (Å²) in [6.45, 7) is 0.335. The summed E-state index contributed by atoms with van der Waals surface area (Å²) in [5.74, 6) is 0. The molecule has 86 valence electrons. The molecule has 1 fully saturated rings. The first-order valence-corrected chi connectivity index (χ1v) is 5.31. The molecule has 1 aromatic heterocycles. The summed E-state index contributed by atoms with van der Waals surface area (Å²) in [5.41, 5.74) is 0.0170. The van der Waals surface area contributed by atoms with Crippen molar-refractivity contribution in [2.75, 3.05) is 6.61 Å². The van der Waals surface area contributed by atoms with Gasteiger partial charge >= 0.3 is 5.69 Å². The van der Waals surface area contributed by atoms with Crippen LogP contribution in [0.15, 0.2) is 15.8 Å². The molecule has 4 rings (SSSR count). The molecule has 6 heteroatoms. The Hall–Kier alpha value is -1.40. The van der Waals surface area contributed by atoms with E-state index in [1.165, 1.54) is 9.13 Å². The third-order valence-electron chi connectivity index (χ3n) is 3.22. The number of ether oxygens (including phenoxy) is 1. The van der Waals surface area contributed by atoms with Gasteiger partial charge in [0.2, 0.25) is 0 Å². The predicted octanol–water partition coefficient (Wildman–Crippen LogP) is -0.958. The first kappa shape index (κ1) is 9.80. The van der Waals surface area contributed by atoms with Gasteiger partial charge < -0.3 is 9.84 Å². The van der Waals surface area contributed by atoms with E-state index in [1.54, 1.807) is 6.20 Å². The maximum absolute atomic E-state index is 11.8. The van der Waals surface area contributed by atoms with Gasteiger partial charge in [-0.3, -0.25) is 9.36 Å². The van der Waals surface area contributed by atoms with Crippen molar-refractivity contribution >= 4 is 0 Å². The minimum atomic E-state index is -0.275. The van der Waals surface area contributed by atoms with E-state index in [1.807, 2.05) is 0 Å². The molecule has 2 bridgehead atoms. The fraction of sp³-hybridized carbons (Fsp3) is 0.600. The number of aliphatic hydroxyl groups is 1. The molecule has 0 spiro atoms. The van der Waals surface area contributed by atoms with E-state index >= 15 is 0 Å². The van der Waals surface area contributed by atoms with Gasteiger partial charge in [0.15, 0.2) is 0 Å². The van der Waals surface area contributed by atoms with Crippen molar-refractivity contribution in [1.29, 1.82) is 0 Å². The summed E-state index contributed by atoms with van der Waals surface area (Å²) in [5, 5.41) is 8.95. The molecule has 0 aromatic carbocycles. The Bertz CT molecular complexity index is 545. The molecule has 1 aromatic rings. The lowest BCUT2D eigenvalue weighted by atomic mass is 10.1. The molecule has 1 N–H and O–H groups in total. The summed E-state index contributed by atoms with van der Waals surface area (Å²) in [4.78, 5) is 23.1. The SMILES string of the molecule is O=c1c(C2CCC(CO)O2)cn2c(=O)n1C2. The van der Waals surface area contributed by atoms with Gasteiger partial charge in [0.05, 0.1) is 24.4 Å². The summed E-state index contributed by atoms with van der Waals surface area (Å²) in [7, 11) is 0. The van der Waals surface area contributed by atoms with Crippen LogP contribution in [0, 0.1) is 0 Å². The molecular weight excluding hydrogens is 212 g/mol. The molecule has 6 nitrogen and oxygen atoms in total. The lowest BCUT2D eigenvalue weighted by Gasteiger charge is -2.22. The Balaban J connectivity index is 1.96. The van der Waals surface area contributed by atoms with E-state index < -0.39 is 0 Å². The van der Waals surface area contributed by atoms with Crippen LogP contribution in [0.4, 0.5) is 0 Å². The third kappa shape index (κ3) is 1.20. The fourth-order valence-electron chi connectivity index (χ4n) is 2.27. The number of aromatic nitrogens is 2. The van der Waals surface area contributed by atoms with Gasteiger partial charge in [0, 0.05) is 6.20 Å². The van der Waals surface area contributed by atoms with E-state index in [2.05, 4.69) is 0 Å². The predicted molar refractivity (Wildman–Crippen MR) is 54.3 cm³/mol. The van der Waals surface area contributed by atoms with E-state index in [-0.39, 0.29) is 30.1 Å². The number of rotatable bonds is 2. The first-order chi connectivity index (χ1) is 7.70. The van der Waals surface area contributed by atoms with Crippen LogP contribution in [0.5, 0.6) is 0 Å². The van der Waals surface area contributed by atoms with E-state index in [0.717, 1.165) is 12.8 Å². The van der Waals surface area contributed by atoms with Crippen molar-refractivity contribution < 1.29 is 9.84 Å². The van der Waals surface area contributed by atoms with Crippen LogP contribution in [-0.2, 0) is 11.4 Å². The van der Waals surface area contributed by atoms with Gasteiger partial charge in [0.25, 0.3) is 5.56 Å². The van der Waals surface area contributed by atoms with Crippen molar-refractivity contribution in [3.8, 4) is 0 Å². The minimum absolute atomic E-state index is 0.0235. The first-order valence-electron chi connectivity index (χ1n) is 5.31. The van der Waals surface area contributed by atoms with Crippen LogP contribution in [0.1, 0.15) is 24.5 Å². The van der Waals surface area contributed by atoms with Crippen molar-refractivity contribution in [3.63, 3.8) is 0 Å². The minimum Gasteiger partial charge on any atom is -0.394 e.